The van der Waals surface area contributed by atoms with E-state index < -0.39 is 0 Å². The Kier molecular flexibility index (Phi) is 14.2. The topological polar surface area (TPSA) is 41.2 Å². The zero-order valence-electron chi connectivity index (χ0n) is 31.1. The summed E-state index contributed by atoms with van der Waals surface area (Å²) in [5.74, 6) is 1.17. The van der Waals surface area contributed by atoms with Gasteiger partial charge >= 0.3 is 0 Å². The van der Waals surface area contributed by atoms with Crippen molar-refractivity contribution >= 4 is 48.1 Å². The molecule has 1 N–H and O–H groups in total. The quantitative estimate of drug-likeness (QED) is 0.0658. The molecule has 0 spiro atoms. The monoisotopic (exact) mass is 855 g/mol. The van der Waals surface area contributed by atoms with Crippen LogP contribution in [0.4, 0.5) is 0 Å². The van der Waals surface area contributed by atoms with Gasteiger partial charge in [0, 0.05) is 54.5 Å². The number of rotatable bonds is 10. The summed E-state index contributed by atoms with van der Waals surface area (Å²) < 4.78 is 4.72. The van der Waals surface area contributed by atoms with E-state index in [9.17, 15) is 9.90 Å². The van der Waals surface area contributed by atoms with Gasteiger partial charge in [-0.3, -0.25) is 4.79 Å². The van der Waals surface area contributed by atoms with Crippen molar-refractivity contribution < 1.29 is 34.6 Å². The van der Waals surface area contributed by atoms with E-state index in [2.05, 4.69) is 109 Å². The molecule has 0 unspecified atom stereocenters. The van der Waals surface area contributed by atoms with E-state index in [0.717, 1.165) is 43.4 Å². The number of hydrogen-bond donors (Lipinski definition) is 1. The number of aliphatic hydroxyl groups is 1. The molecular weight excluding hydrogens is 799 g/mol. The van der Waals surface area contributed by atoms with Gasteiger partial charge in [-0.25, -0.2) is 0 Å². The third-order valence-electron chi connectivity index (χ3n) is 9.69. The fourth-order valence-corrected chi connectivity index (χ4v) is 8.22. The average molecular weight is 855 g/mol. The van der Waals surface area contributed by atoms with Crippen molar-refractivity contribution in [3.05, 3.63) is 103 Å². The minimum Gasteiger partial charge on any atom is -0.512 e. The number of thiophene rings is 1. The van der Waals surface area contributed by atoms with Crippen LogP contribution < -0.4 is 4.57 Å². The van der Waals surface area contributed by atoms with Crippen LogP contribution in [0.5, 0.6) is 0 Å². The van der Waals surface area contributed by atoms with Crippen LogP contribution in [0.2, 0.25) is 0 Å². The molecule has 0 bridgehead atoms. The van der Waals surface area contributed by atoms with Gasteiger partial charge in [0.2, 0.25) is 0 Å². The van der Waals surface area contributed by atoms with Gasteiger partial charge < -0.3 is 9.67 Å². The molecule has 5 heteroatoms. The van der Waals surface area contributed by atoms with Crippen molar-refractivity contribution in [3.63, 3.8) is 0 Å². The Balaban J connectivity index is 0.000000347. The number of fused-ring (bicyclic) bond motifs is 4. The maximum atomic E-state index is 11.7. The Hall–Kier alpha value is -3.11. The van der Waals surface area contributed by atoms with Crippen LogP contribution in [0.25, 0.3) is 42.2 Å². The molecule has 265 valence electrons. The minimum absolute atomic E-state index is 0. The normalized spacial score (nSPS) is 12.2. The Bertz CT molecular complexity index is 1920. The van der Waals surface area contributed by atoms with Gasteiger partial charge in [0.25, 0.3) is 0 Å². The second kappa shape index (κ2) is 17.2. The SMILES string of the molecule is CCC(CC)C(=O)/C=C(\O)C(CC)CC.[CH2-]c1c(-c2c3sc4c(CC(C)C)cccc4c3cc[n+]2[CH2-])cc(C(C)(C)C)c2ccccc12.[Ir]. The molecule has 0 saturated carbocycles. The summed E-state index contributed by atoms with van der Waals surface area (Å²) in [7, 11) is 4.40. The molecule has 0 atom stereocenters. The van der Waals surface area contributed by atoms with Gasteiger partial charge in [-0.2, -0.15) is 12.5 Å². The molecule has 3 nitrogen and oxygen atoms in total. The maximum Gasteiger partial charge on any atom is 0.162 e. The number of carbonyl (C=O) groups excluding carboxylic acids is 1. The number of aliphatic hydroxyl groups excluding tert-OH is 1. The first-order valence-electron chi connectivity index (χ1n) is 17.8. The maximum absolute atomic E-state index is 11.7. The van der Waals surface area contributed by atoms with Crippen molar-refractivity contribution in [2.24, 2.45) is 17.8 Å². The molecule has 0 aliphatic carbocycles. The largest absolute Gasteiger partial charge is 0.512 e. The van der Waals surface area contributed by atoms with Crippen LogP contribution in [0.15, 0.2) is 72.6 Å². The Morgan fingerprint density at radius 3 is 2.00 bits per heavy atom. The zero-order valence-corrected chi connectivity index (χ0v) is 34.3. The van der Waals surface area contributed by atoms with E-state index in [0.29, 0.717) is 5.92 Å². The molecule has 0 aliphatic heterocycles. The molecule has 5 aromatic rings. The first-order valence-corrected chi connectivity index (χ1v) is 18.6. The minimum atomic E-state index is 0. The average Bonchev–Trinajstić information content (AvgIpc) is 3.42. The Morgan fingerprint density at radius 1 is 0.857 bits per heavy atom. The molecule has 0 fully saturated rings. The number of benzene rings is 3. The van der Waals surface area contributed by atoms with Crippen molar-refractivity contribution in [1.29, 1.82) is 0 Å². The Labute approximate surface area is 313 Å². The Morgan fingerprint density at radius 2 is 1.43 bits per heavy atom. The molecule has 2 aromatic heterocycles. The van der Waals surface area contributed by atoms with E-state index in [1.807, 2.05) is 43.6 Å². The number of nitrogens with zero attached hydrogens (tertiary/aromatic N) is 1. The smallest absolute Gasteiger partial charge is 0.162 e. The summed E-state index contributed by atoms with van der Waals surface area (Å²) in [6.07, 6.45) is 8.10. The van der Waals surface area contributed by atoms with E-state index in [-0.39, 0.29) is 48.9 Å². The molecule has 1 radical (unpaired) electrons. The predicted molar refractivity (Wildman–Crippen MR) is 209 cm³/mol. The van der Waals surface area contributed by atoms with Gasteiger partial charge in [0.15, 0.2) is 5.78 Å². The summed E-state index contributed by atoms with van der Waals surface area (Å²) in [6, 6.07) is 20.0. The third kappa shape index (κ3) is 8.80. The van der Waals surface area contributed by atoms with Gasteiger partial charge in [0.1, 0.15) is 0 Å². The van der Waals surface area contributed by atoms with E-state index in [1.54, 1.807) is 0 Å². The van der Waals surface area contributed by atoms with Gasteiger partial charge in [0.05, 0.1) is 17.6 Å². The first-order chi connectivity index (χ1) is 22.8. The number of carbonyl (C=O) groups is 1. The van der Waals surface area contributed by atoms with Crippen molar-refractivity contribution in [1.82, 2.24) is 0 Å². The number of allylic oxidation sites excluding steroid dienone is 2. The van der Waals surface area contributed by atoms with Gasteiger partial charge in [-0.1, -0.05) is 110 Å². The second-order valence-corrected chi connectivity index (χ2v) is 15.6. The van der Waals surface area contributed by atoms with Crippen LogP contribution in [0.3, 0.4) is 0 Å². The molecule has 0 saturated heterocycles. The number of aromatic nitrogens is 1. The number of hydrogen-bond acceptors (Lipinski definition) is 3. The molecule has 3 aromatic carbocycles. The van der Waals surface area contributed by atoms with E-state index in [4.69, 9.17) is 0 Å². The van der Waals surface area contributed by atoms with Crippen molar-refractivity contribution in [3.8, 4) is 11.3 Å². The van der Waals surface area contributed by atoms with Gasteiger partial charge in [-0.15, -0.1) is 34.4 Å². The molecule has 0 aliphatic rings. The molecule has 5 rings (SSSR count). The standard InChI is InChI=1S/C31H32NS.C13H24O2.Ir/c1-19(2)17-21-11-10-14-24-25-15-16-32(7)28(30(25)33-29(21)24)26-18-27(31(4,5)6)23-13-9-8-12-22(23)20(26)3;1-5-10(6-2)12(14)9-13(15)11(7-3)8-4;/h8-16,18-19H,3,7,17H2,1-2,4-6H3;9-11,14H,5-8H2,1-4H3;/q-1;;/b;12-9-;. The number of ketones is 1. The molecule has 49 heavy (non-hydrogen) atoms. The van der Waals surface area contributed by atoms with Crippen LogP contribution >= 0.6 is 11.3 Å². The van der Waals surface area contributed by atoms with Crippen LogP contribution in [0, 0.1) is 31.7 Å². The summed E-state index contributed by atoms with van der Waals surface area (Å²) in [6.45, 7) is 24.1. The summed E-state index contributed by atoms with van der Waals surface area (Å²) >= 11 is 1.90. The first kappa shape index (κ1) is 40.3. The van der Waals surface area contributed by atoms with E-state index in [1.165, 1.54) is 53.7 Å². The molecule has 0 amide bonds. The summed E-state index contributed by atoms with van der Waals surface area (Å²) in [5.41, 5.74) is 6.21. The van der Waals surface area contributed by atoms with Gasteiger partial charge in [-0.05, 0) is 65.8 Å². The predicted octanol–water partition coefficient (Wildman–Crippen LogP) is 12.3. The third-order valence-corrected chi connectivity index (χ3v) is 11.0. The second-order valence-electron chi connectivity index (χ2n) is 14.6. The van der Waals surface area contributed by atoms with Crippen LogP contribution in [-0.2, 0) is 36.7 Å². The number of pyridine rings is 1. The van der Waals surface area contributed by atoms with Crippen LogP contribution in [0.1, 0.15) is 105 Å². The van der Waals surface area contributed by atoms with Crippen molar-refractivity contribution in [2.45, 2.75) is 99.8 Å². The van der Waals surface area contributed by atoms with Crippen LogP contribution in [-0.4, -0.2) is 10.9 Å². The summed E-state index contributed by atoms with van der Waals surface area (Å²) in [5, 5.41) is 14.9. The summed E-state index contributed by atoms with van der Waals surface area (Å²) in [4.78, 5) is 11.7. The fourth-order valence-electron chi connectivity index (χ4n) is 6.83. The van der Waals surface area contributed by atoms with Crippen molar-refractivity contribution in [2.75, 3.05) is 0 Å². The molecule has 2 heterocycles. The molecular formula is C44H56IrNO2S-. The fraction of sp³-hybridized carbons (Fsp3) is 0.409. The zero-order chi connectivity index (χ0) is 35.3. The van der Waals surface area contributed by atoms with E-state index >= 15 is 0 Å².